The highest BCUT2D eigenvalue weighted by Gasteiger charge is 2.32. The van der Waals surface area contributed by atoms with Gasteiger partial charge in [0.15, 0.2) is 0 Å². The second-order valence-electron chi connectivity index (χ2n) is 6.54. The minimum atomic E-state index is -0.972. The highest BCUT2D eigenvalue weighted by molar-refractivity contribution is 5.82. The van der Waals surface area contributed by atoms with E-state index in [1.54, 1.807) is 11.9 Å². The number of likely N-dealkylation sites (N-methyl/N-ethyl adjacent to an activating group) is 1. The predicted octanol–water partition coefficient (Wildman–Crippen LogP) is 2.27. The number of rotatable bonds is 2. The van der Waals surface area contributed by atoms with Gasteiger partial charge in [-0.3, -0.25) is 0 Å². The summed E-state index contributed by atoms with van der Waals surface area (Å²) in [6, 6.07) is -0.963. The summed E-state index contributed by atoms with van der Waals surface area (Å²) in [6.07, 6.45) is 1.98. The van der Waals surface area contributed by atoms with Gasteiger partial charge in [-0.25, -0.2) is 9.59 Å². The van der Waals surface area contributed by atoms with Gasteiger partial charge in [0, 0.05) is 20.1 Å². The molecule has 5 heteroatoms. The third-order valence-electron chi connectivity index (χ3n) is 4.23. The Labute approximate surface area is 115 Å². The van der Waals surface area contributed by atoms with Crippen LogP contribution < -0.4 is 0 Å². The number of amides is 2. The molecule has 0 aliphatic carbocycles. The van der Waals surface area contributed by atoms with Gasteiger partial charge in [0.2, 0.25) is 0 Å². The number of piperidine rings is 1. The first-order valence-corrected chi connectivity index (χ1v) is 6.89. The summed E-state index contributed by atoms with van der Waals surface area (Å²) >= 11 is 0. The number of carboxylic acid groups (broad SMARTS) is 1. The number of hydrogen-bond donors (Lipinski definition) is 1. The molecule has 0 bridgehead atoms. The second kappa shape index (κ2) is 5.80. The average molecular weight is 270 g/mol. The molecule has 1 aliphatic rings. The molecular formula is C14H26N2O3. The monoisotopic (exact) mass is 270 g/mol. The number of likely N-dealkylation sites (tertiary alicyclic amines) is 1. The molecule has 1 unspecified atom stereocenters. The van der Waals surface area contributed by atoms with Gasteiger partial charge in [0.1, 0.15) is 6.04 Å². The van der Waals surface area contributed by atoms with Crippen LogP contribution in [0.3, 0.4) is 0 Å². The molecule has 19 heavy (non-hydrogen) atoms. The van der Waals surface area contributed by atoms with Gasteiger partial charge in [-0.05, 0) is 31.1 Å². The van der Waals surface area contributed by atoms with Crippen LogP contribution in [-0.4, -0.2) is 53.1 Å². The lowest BCUT2D eigenvalue weighted by Crippen LogP contribution is -2.50. The normalized spacial score (nSPS) is 19.1. The topological polar surface area (TPSA) is 60.9 Å². The third kappa shape index (κ3) is 3.85. The maximum atomic E-state index is 12.2. The highest BCUT2D eigenvalue weighted by Crippen LogP contribution is 2.34. The number of aliphatic carboxylic acids is 1. The van der Waals surface area contributed by atoms with E-state index in [9.17, 15) is 9.59 Å². The van der Waals surface area contributed by atoms with E-state index in [-0.39, 0.29) is 11.4 Å². The molecule has 0 aromatic rings. The van der Waals surface area contributed by atoms with Gasteiger partial charge in [-0.1, -0.05) is 20.8 Å². The maximum absolute atomic E-state index is 12.2. The molecule has 0 saturated carbocycles. The van der Waals surface area contributed by atoms with Crippen molar-refractivity contribution in [1.29, 1.82) is 0 Å². The zero-order chi connectivity index (χ0) is 14.8. The van der Waals surface area contributed by atoms with Crippen molar-refractivity contribution in [3.63, 3.8) is 0 Å². The number of nitrogens with zero attached hydrogens (tertiary/aromatic N) is 2. The molecule has 1 aliphatic heterocycles. The fourth-order valence-corrected chi connectivity index (χ4v) is 2.49. The van der Waals surface area contributed by atoms with Crippen LogP contribution in [0.4, 0.5) is 4.79 Å². The summed E-state index contributed by atoms with van der Waals surface area (Å²) < 4.78 is 0. The van der Waals surface area contributed by atoms with Gasteiger partial charge >= 0.3 is 12.0 Å². The van der Waals surface area contributed by atoms with Crippen molar-refractivity contribution in [3.8, 4) is 0 Å². The van der Waals surface area contributed by atoms with E-state index in [1.807, 2.05) is 0 Å². The lowest BCUT2D eigenvalue weighted by atomic mass is 9.75. The molecule has 1 fully saturated rings. The Morgan fingerprint density at radius 2 is 1.74 bits per heavy atom. The van der Waals surface area contributed by atoms with Crippen LogP contribution in [0.5, 0.6) is 0 Å². The molecule has 0 radical (unpaired) electrons. The molecule has 110 valence electrons. The number of urea groups is 1. The molecule has 1 rings (SSSR count). The van der Waals surface area contributed by atoms with Crippen LogP contribution in [0.1, 0.15) is 40.5 Å². The van der Waals surface area contributed by atoms with Crippen molar-refractivity contribution in [2.75, 3.05) is 20.1 Å². The van der Waals surface area contributed by atoms with Crippen molar-refractivity contribution in [2.24, 2.45) is 11.3 Å². The summed E-state index contributed by atoms with van der Waals surface area (Å²) in [5.41, 5.74) is 0.273. The molecule has 1 atom stereocenters. The van der Waals surface area contributed by atoms with Gasteiger partial charge in [-0.15, -0.1) is 0 Å². The van der Waals surface area contributed by atoms with Gasteiger partial charge < -0.3 is 14.9 Å². The Morgan fingerprint density at radius 1 is 1.26 bits per heavy atom. The van der Waals surface area contributed by atoms with E-state index in [1.165, 1.54) is 11.8 Å². The zero-order valence-corrected chi connectivity index (χ0v) is 12.6. The smallest absolute Gasteiger partial charge is 0.326 e. The van der Waals surface area contributed by atoms with E-state index in [0.717, 1.165) is 25.9 Å². The lowest BCUT2D eigenvalue weighted by molar-refractivity contribution is -0.141. The second-order valence-corrected chi connectivity index (χ2v) is 6.54. The Balaban J connectivity index is 2.56. The summed E-state index contributed by atoms with van der Waals surface area (Å²) in [7, 11) is 1.55. The number of carboxylic acids is 1. The first-order valence-electron chi connectivity index (χ1n) is 6.89. The van der Waals surface area contributed by atoms with E-state index < -0.39 is 12.0 Å². The summed E-state index contributed by atoms with van der Waals surface area (Å²) in [5.74, 6) is -0.348. The first kappa shape index (κ1) is 15.8. The van der Waals surface area contributed by atoms with Crippen molar-refractivity contribution >= 4 is 12.0 Å². The Kier molecular flexibility index (Phi) is 4.82. The molecular weight excluding hydrogens is 244 g/mol. The predicted molar refractivity (Wildman–Crippen MR) is 74.0 cm³/mol. The number of carbonyl (C=O) groups is 2. The Hall–Kier alpha value is -1.26. The van der Waals surface area contributed by atoms with Crippen molar-refractivity contribution in [1.82, 2.24) is 9.80 Å². The average Bonchev–Trinajstić information content (AvgIpc) is 2.35. The van der Waals surface area contributed by atoms with E-state index in [4.69, 9.17) is 5.11 Å². The molecule has 1 saturated heterocycles. The van der Waals surface area contributed by atoms with E-state index in [2.05, 4.69) is 20.8 Å². The zero-order valence-electron chi connectivity index (χ0n) is 12.6. The maximum Gasteiger partial charge on any atom is 0.326 e. The molecule has 0 spiro atoms. The number of hydrogen-bond acceptors (Lipinski definition) is 2. The van der Waals surface area contributed by atoms with Crippen LogP contribution in [0, 0.1) is 11.3 Å². The van der Waals surface area contributed by atoms with E-state index in [0.29, 0.717) is 5.92 Å². The van der Waals surface area contributed by atoms with E-state index >= 15 is 0 Å². The van der Waals surface area contributed by atoms with Crippen molar-refractivity contribution in [2.45, 2.75) is 46.6 Å². The van der Waals surface area contributed by atoms with Gasteiger partial charge in [-0.2, -0.15) is 0 Å². The molecule has 1 heterocycles. The highest BCUT2D eigenvalue weighted by atomic mass is 16.4. The van der Waals surface area contributed by atoms with Crippen LogP contribution in [-0.2, 0) is 4.79 Å². The molecule has 2 amide bonds. The quantitative estimate of drug-likeness (QED) is 0.837. The lowest BCUT2D eigenvalue weighted by Gasteiger charge is -2.40. The third-order valence-corrected chi connectivity index (χ3v) is 4.23. The minimum absolute atomic E-state index is 0.178. The van der Waals surface area contributed by atoms with Crippen LogP contribution >= 0.6 is 0 Å². The summed E-state index contributed by atoms with van der Waals surface area (Å²) in [6.45, 7) is 9.66. The fourth-order valence-electron chi connectivity index (χ4n) is 2.49. The summed E-state index contributed by atoms with van der Waals surface area (Å²) in [4.78, 5) is 26.2. The minimum Gasteiger partial charge on any atom is -0.480 e. The molecule has 5 nitrogen and oxygen atoms in total. The first-order chi connectivity index (χ1) is 8.64. The largest absolute Gasteiger partial charge is 0.480 e. The van der Waals surface area contributed by atoms with Crippen molar-refractivity contribution < 1.29 is 14.7 Å². The molecule has 0 aromatic heterocycles. The van der Waals surface area contributed by atoms with Gasteiger partial charge in [0.25, 0.3) is 0 Å². The van der Waals surface area contributed by atoms with Crippen molar-refractivity contribution in [3.05, 3.63) is 0 Å². The summed E-state index contributed by atoms with van der Waals surface area (Å²) in [5, 5.41) is 8.94. The van der Waals surface area contributed by atoms with Gasteiger partial charge in [0.05, 0.1) is 0 Å². The van der Waals surface area contributed by atoms with Crippen LogP contribution in [0.25, 0.3) is 0 Å². The number of carbonyl (C=O) groups excluding carboxylic acids is 1. The van der Waals surface area contributed by atoms with Crippen LogP contribution in [0.15, 0.2) is 0 Å². The molecule has 1 N–H and O–H groups in total. The Morgan fingerprint density at radius 3 is 2.11 bits per heavy atom. The molecule has 0 aromatic carbocycles. The fraction of sp³-hybridized carbons (Fsp3) is 0.857. The Bertz CT molecular complexity index is 341. The standard InChI is InChI=1S/C14H26N2O3/c1-10(12(17)18)15(5)13(19)16-8-6-11(7-9-16)14(2,3)4/h10-11H,6-9H2,1-5H3,(H,17,18). The SMILES string of the molecule is CC(C(=O)O)N(C)C(=O)N1CCC(C(C)(C)C)CC1. The van der Waals surface area contributed by atoms with Crippen LogP contribution in [0.2, 0.25) is 0 Å².